The molecule has 12 heavy (non-hydrogen) atoms. The van der Waals surface area contributed by atoms with E-state index in [-0.39, 0.29) is 5.75 Å². The molecule has 5 nitrogen and oxygen atoms in total. The van der Waals surface area contributed by atoms with Gasteiger partial charge in [0.1, 0.15) is 0 Å². The Morgan fingerprint density at radius 3 is 1.50 bits per heavy atom. The number of halogens is 1. The summed E-state index contributed by atoms with van der Waals surface area (Å²) in [6.07, 6.45) is -1.83. The van der Waals surface area contributed by atoms with Gasteiger partial charge in [-0.3, -0.25) is 0 Å². The quantitative estimate of drug-likeness (QED) is 0.515. The Bertz CT molecular complexity index is 194. The van der Waals surface area contributed by atoms with E-state index in [0.29, 0.717) is 0 Å². The number of hydrogen-bond acceptors (Lipinski definition) is 3. The fourth-order valence-electron chi connectivity index (χ4n) is 0. The second-order valence-electron chi connectivity index (χ2n) is 1.11. The number of rotatable bonds is 1. The average Bonchev–Trinajstić information content (AvgIpc) is 1.90. The zero-order chi connectivity index (χ0) is 10.8. The summed E-state index contributed by atoms with van der Waals surface area (Å²) < 4.78 is 19.5. The smallest absolute Gasteiger partial charge is 0.450 e. The Hall–Kier alpha value is -0.750. The molecule has 0 saturated carbocycles. The number of hydrogen-bond donors (Lipinski definition) is 2. The minimum absolute atomic E-state index is 0.00849. The van der Waals surface area contributed by atoms with Crippen molar-refractivity contribution in [1.29, 1.82) is 0 Å². The van der Waals surface area contributed by atoms with Gasteiger partial charge in [0.15, 0.2) is 0 Å². The summed E-state index contributed by atoms with van der Waals surface area (Å²) >= 11 is 0. The molecule has 0 rings (SSSR count). The summed E-state index contributed by atoms with van der Waals surface area (Å²) in [6, 6.07) is 0. The lowest BCUT2D eigenvalue weighted by Crippen LogP contribution is -1.88. The van der Waals surface area contributed by atoms with Crippen LogP contribution in [0.15, 0.2) is 13.2 Å². The second kappa shape index (κ2) is 10.2. The Kier molecular flexibility index (Phi) is 14.8. The third kappa shape index (κ3) is 124. The maximum atomic E-state index is 9.77. The fraction of sp³-hybridized carbons (Fsp3) is 0.400. The zero-order valence-corrected chi connectivity index (χ0v) is 8.10. The molecule has 0 atom stereocenters. The summed E-state index contributed by atoms with van der Waals surface area (Å²) in [5.41, 5.74) is 0. The SMILES string of the molecule is C=C.CCS(=O)(=O)Cl.O=C(O)O. The van der Waals surface area contributed by atoms with Crippen LogP contribution in [0.2, 0.25) is 0 Å². The van der Waals surface area contributed by atoms with Crippen LogP contribution in [0, 0.1) is 0 Å². The van der Waals surface area contributed by atoms with Crippen molar-refractivity contribution < 1.29 is 23.4 Å². The Morgan fingerprint density at radius 2 is 1.50 bits per heavy atom. The van der Waals surface area contributed by atoms with Crippen molar-refractivity contribution in [3.05, 3.63) is 13.2 Å². The predicted octanol–water partition coefficient (Wildman–Crippen LogP) is 1.60. The van der Waals surface area contributed by atoms with Gasteiger partial charge in [-0.05, 0) is 0 Å². The molecule has 0 fully saturated rings. The highest BCUT2D eigenvalue weighted by Crippen LogP contribution is 1.91. The van der Waals surface area contributed by atoms with E-state index in [0.717, 1.165) is 0 Å². The maximum Gasteiger partial charge on any atom is 0.503 e. The van der Waals surface area contributed by atoms with Gasteiger partial charge in [0.25, 0.3) is 0 Å². The predicted molar refractivity (Wildman–Crippen MR) is 47.2 cm³/mol. The van der Waals surface area contributed by atoms with Gasteiger partial charge in [-0.15, -0.1) is 13.2 Å². The summed E-state index contributed by atoms with van der Waals surface area (Å²) in [7, 11) is 1.50. The van der Waals surface area contributed by atoms with Gasteiger partial charge in [0, 0.05) is 10.7 Å². The molecular formula is C5H11ClO5S. The molecule has 74 valence electrons. The van der Waals surface area contributed by atoms with Gasteiger partial charge in [0.05, 0.1) is 5.75 Å². The first-order valence-corrected chi connectivity index (χ1v) is 5.11. The molecule has 0 radical (unpaired) electrons. The van der Waals surface area contributed by atoms with Gasteiger partial charge in [-0.1, -0.05) is 6.92 Å². The first-order valence-electron chi connectivity index (χ1n) is 2.63. The average molecular weight is 219 g/mol. The van der Waals surface area contributed by atoms with E-state index >= 15 is 0 Å². The van der Waals surface area contributed by atoms with Gasteiger partial charge >= 0.3 is 6.16 Å². The van der Waals surface area contributed by atoms with Crippen molar-refractivity contribution in [2.45, 2.75) is 6.92 Å². The van der Waals surface area contributed by atoms with Crippen molar-refractivity contribution in [1.82, 2.24) is 0 Å². The minimum Gasteiger partial charge on any atom is -0.450 e. The molecule has 0 saturated heterocycles. The first kappa shape index (κ1) is 17.4. The highest BCUT2D eigenvalue weighted by Gasteiger charge is 1.94. The van der Waals surface area contributed by atoms with Crippen LogP contribution in [0.5, 0.6) is 0 Å². The lowest BCUT2D eigenvalue weighted by molar-refractivity contribution is 0.137. The van der Waals surface area contributed by atoms with Crippen molar-refractivity contribution in [3.63, 3.8) is 0 Å². The van der Waals surface area contributed by atoms with E-state index in [1.807, 2.05) is 0 Å². The molecule has 0 aliphatic rings. The van der Waals surface area contributed by atoms with E-state index in [9.17, 15) is 8.42 Å². The second-order valence-corrected chi connectivity index (χ2v) is 4.18. The normalized spacial score (nSPS) is 8.17. The van der Waals surface area contributed by atoms with Crippen LogP contribution in [0.1, 0.15) is 6.92 Å². The molecule has 0 bridgehead atoms. The molecule has 0 amide bonds. The molecule has 0 aromatic heterocycles. The van der Waals surface area contributed by atoms with Gasteiger partial charge in [-0.2, -0.15) is 0 Å². The lowest BCUT2D eigenvalue weighted by Gasteiger charge is -1.77. The Balaban J connectivity index is -0.000000118. The first-order chi connectivity index (χ1) is 5.29. The van der Waals surface area contributed by atoms with Gasteiger partial charge in [-0.25, -0.2) is 13.2 Å². The van der Waals surface area contributed by atoms with Gasteiger partial charge < -0.3 is 10.2 Å². The molecule has 0 heterocycles. The molecule has 0 spiro atoms. The molecule has 0 unspecified atom stereocenters. The number of carboxylic acid groups (broad SMARTS) is 2. The summed E-state index contributed by atoms with van der Waals surface area (Å²) in [6.45, 7) is 7.49. The highest BCUT2D eigenvalue weighted by atomic mass is 35.7. The maximum absolute atomic E-state index is 9.77. The summed E-state index contributed by atoms with van der Waals surface area (Å²) in [5.74, 6) is 0.00849. The van der Waals surface area contributed by atoms with Crippen LogP contribution in [-0.4, -0.2) is 30.5 Å². The number of carbonyl (C=O) groups is 1. The standard InChI is InChI=1S/C2H5ClO2S.C2H4.CH2O3/c1-2-6(3,4)5;1-2;2-1(3)4/h2H2,1H3;1-2H2;(H2,2,3,4). The lowest BCUT2D eigenvalue weighted by atomic mass is 11.0. The molecule has 2 N–H and O–H groups in total. The molecule has 0 aromatic carbocycles. The van der Waals surface area contributed by atoms with Crippen LogP contribution in [0.25, 0.3) is 0 Å². The molecule has 0 aromatic rings. The van der Waals surface area contributed by atoms with Crippen molar-refractivity contribution in [2.24, 2.45) is 0 Å². The topological polar surface area (TPSA) is 91.7 Å². The largest absolute Gasteiger partial charge is 0.503 e. The van der Waals surface area contributed by atoms with E-state index in [4.69, 9.17) is 15.0 Å². The molecule has 0 aliphatic carbocycles. The highest BCUT2D eigenvalue weighted by molar-refractivity contribution is 8.13. The van der Waals surface area contributed by atoms with Crippen molar-refractivity contribution in [3.8, 4) is 0 Å². The van der Waals surface area contributed by atoms with Gasteiger partial charge in [0.2, 0.25) is 9.05 Å². The monoisotopic (exact) mass is 218 g/mol. The van der Waals surface area contributed by atoms with Crippen LogP contribution >= 0.6 is 10.7 Å². The Labute approximate surface area is 75.7 Å². The van der Waals surface area contributed by atoms with Crippen LogP contribution in [-0.2, 0) is 9.05 Å². The third-order valence-corrected chi connectivity index (χ3v) is 1.69. The van der Waals surface area contributed by atoms with Crippen LogP contribution in [0.3, 0.4) is 0 Å². The third-order valence-electron chi connectivity index (χ3n) is 0.345. The van der Waals surface area contributed by atoms with E-state index in [2.05, 4.69) is 23.8 Å². The molecule has 7 heteroatoms. The van der Waals surface area contributed by atoms with Crippen molar-refractivity contribution in [2.75, 3.05) is 5.75 Å². The zero-order valence-electron chi connectivity index (χ0n) is 6.53. The van der Waals surface area contributed by atoms with Crippen LogP contribution < -0.4 is 0 Å². The Morgan fingerprint density at radius 1 is 1.42 bits per heavy atom. The summed E-state index contributed by atoms with van der Waals surface area (Å²) in [4.78, 5) is 8.56. The molecular weight excluding hydrogens is 208 g/mol. The minimum atomic E-state index is -3.19. The van der Waals surface area contributed by atoms with Crippen molar-refractivity contribution >= 4 is 25.9 Å². The van der Waals surface area contributed by atoms with Crippen LogP contribution in [0.4, 0.5) is 4.79 Å². The van der Waals surface area contributed by atoms with E-state index in [1.54, 1.807) is 0 Å². The van der Waals surface area contributed by atoms with E-state index in [1.165, 1.54) is 6.92 Å². The van der Waals surface area contributed by atoms with E-state index < -0.39 is 15.2 Å². The molecule has 0 aliphatic heterocycles. The summed E-state index contributed by atoms with van der Waals surface area (Å²) in [5, 5.41) is 13.9. The fourth-order valence-corrected chi connectivity index (χ4v) is 0.